The molecule has 1 unspecified atom stereocenters. The van der Waals surface area contributed by atoms with Gasteiger partial charge in [-0.25, -0.2) is 14.5 Å². The highest BCUT2D eigenvalue weighted by Crippen LogP contribution is 2.44. The lowest BCUT2D eigenvalue weighted by atomic mass is 9.96. The largest absolute Gasteiger partial charge is 0.495 e. The SMILES string of the molecule is COc1cc(CN2C(=O)N([C@@H](CC(C)C)C(=O)N[C@@H](CC(=O)O)c3ccccc3)C(=O)C2(C)C(F)(F)F)ccc1NC(=O)Nc1ccccc1C. The zero-order valence-electron chi connectivity index (χ0n) is 28.7. The van der Waals surface area contributed by atoms with Crippen LogP contribution in [0.1, 0.15) is 56.3 Å². The molecule has 4 N–H and O–H groups in total. The molecule has 0 spiro atoms. The summed E-state index contributed by atoms with van der Waals surface area (Å²) in [5, 5.41) is 17.4. The van der Waals surface area contributed by atoms with Crippen LogP contribution in [-0.4, -0.2) is 69.6 Å². The summed E-state index contributed by atoms with van der Waals surface area (Å²) in [5.41, 5.74) is -1.27. The number of para-hydroxylation sites is 1. The van der Waals surface area contributed by atoms with Gasteiger partial charge in [0, 0.05) is 12.2 Å². The maximum atomic E-state index is 14.9. The van der Waals surface area contributed by atoms with E-state index in [1.54, 1.807) is 56.3 Å². The fourth-order valence-electron chi connectivity index (χ4n) is 5.80. The van der Waals surface area contributed by atoms with Crippen molar-refractivity contribution in [1.29, 1.82) is 0 Å². The van der Waals surface area contributed by atoms with Crippen LogP contribution in [0.15, 0.2) is 72.8 Å². The molecule has 1 heterocycles. The molecule has 12 nitrogen and oxygen atoms in total. The lowest BCUT2D eigenvalue weighted by molar-refractivity contribution is -0.212. The standard InChI is InChI=1S/C36H40F3N5O7/c1-21(2)17-28(31(47)40-27(19-30(45)46)24-12-7-6-8-13-24)44-32(48)35(4,36(37,38)39)43(34(44)50)20-23-15-16-26(29(18-23)51-5)42-33(49)41-25-14-10-9-11-22(25)3/h6-16,18,21,27-28H,17,19-20H2,1-5H3,(H,40,47)(H,45,46)(H2,41,42,49)/t27-,28-,35?/m0/s1. The first kappa shape index (κ1) is 38.2. The van der Waals surface area contributed by atoms with Crippen LogP contribution in [0.4, 0.5) is 34.1 Å². The number of amides is 6. The second-order valence-corrected chi connectivity index (χ2v) is 12.8. The minimum Gasteiger partial charge on any atom is -0.495 e. The van der Waals surface area contributed by atoms with Crippen LogP contribution in [0.5, 0.6) is 5.75 Å². The molecule has 0 aliphatic carbocycles. The Labute approximate surface area is 292 Å². The predicted octanol–water partition coefficient (Wildman–Crippen LogP) is 6.48. The summed E-state index contributed by atoms with van der Waals surface area (Å²) in [6, 6.07) is 14.5. The minimum atomic E-state index is -5.26. The van der Waals surface area contributed by atoms with E-state index < -0.39 is 66.6 Å². The fourth-order valence-corrected chi connectivity index (χ4v) is 5.80. The number of anilines is 2. The molecule has 0 aromatic heterocycles. The molecule has 6 amide bonds. The first-order chi connectivity index (χ1) is 24.0. The van der Waals surface area contributed by atoms with E-state index in [1.165, 1.54) is 25.3 Å². The van der Waals surface area contributed by atoms with E-state index in [0.29, 0.717) is 28.0 Å². The van der Waals surface area contributed by atoms with Crippen molar-refractivity contribution in [2.45, 2.75) is 70.9 Å². The van der Waals surface area contributed by atoms with Crippen molar-refractivity contribution in [3.05, 3.63) is 89.5 Å². The third-order valence-electron chi connectivity index (χ3n) is 8.62. The number of imide groups is 1. The van der Waals surface area contributed by atoms with E-state index in [2.05, 4.69) is 16.0 Å². The molecule has 3 aromatic rings. The van der Waals surface area contributed by atoms with Gasteiger partial charge in [-0.15, -0.1) is 0 Å². The van der Waals surface area contributed by atoms with Crippen molar-refractivity contribution < 1.29 is 47.0 Å². The second-order valence-electron chi connectivity index (χ2n) is 12.8. The minimum absolute atomic E-state index is 0.0680. The molecule has 0 bridgehead atoms. The Hall–Kier alpha value is -5.60. The van der Waals surface area contributed by atoms with Crippen LogP contribution in [-0.2, 0) is 20.9 Å². The number of methoxy groups -OCH3 is 1. The van der Waals surface area contributed by atoms with Crippen molar-refractivity contribution >= 4 is 41.2 Å². The van der Waals surface area contributed by atoms with Crippen LogP contribution in [0.3, 0.4) is 0 Å². The maximum Gasteiger partial charge on any atom is 0.420 e. The lowest BCUT2D eigenvalue weighted by Gasteiger charge is -2.33. The van der Waals surface area contributed by atoms with Gasteiger partial charge in [0.05, 0.1) is 25.3 Å². The molecule has 1 saturated heterocycles. The normalized spacial score (nSPS) is 17.3. The van der Waals surface area contributed by atoms with E-state index in [1.807, 2.05) is 19.1 Å². The van der Waals surface area contributed by atoms with Crippen molar-refractivity contribution in [2.24, 2.45) is 5.92 Å². The number of ether oxygens (including phenoxy) is 1. The summed E-state index contributed by atoms with van der Waals surface area (Å²) in [5.74, 6) is -4.17. The number of aliphatic carboxylic acids is 1. The molecule has 3 atom stereocenters. The van der Waals surface area contributed by atoms with E-state index in [9.17, 15) is 42.3 Å². The summed E-state index contributed by atoms with van der Waals surface area (Å²) in [4.78, 5) is 66.6. The lowest BCUT2D eigenvalue weighted by Crippen LogP contribution is -2.58. The number of aryl methyl sites for hydroxylation is 1. The van der Waals surface area contributed by atoms with Gasteiger partial charge in [0.25, 0.3) is 5.91 Å². The molecular weight excluding hydrogens is 671 g/mol. The Bertz CT molecular complexity index is 1790. The number of carboxylic acids is 1. The first-order valence-electron chi connectivity index (χ1n) is 16.1. The van der Waals surface area contributed by atoms with Gasteiger partial charge in [-0.1, -0.05) is 68.4 Å². The number of alkyl halides is 3. The van der Waals surface area contributed by atoms with Gasteiger partial charge in [-0.05, 0) is 61.1 Å². The van der Waals surface area contributed by atoms with Gasteiger partial charge in [-0.2, -0.15) is 13.2 Å². The average Bonchev–Trinajstić information content (AvgIpc) is 3.25. The number of hydrogen-bond acceptors (Lipinski definition) is 6. The molecule has 15 heteroatoms. The molecule has 1 fully saturated rings. The van der Waals surface area contributed by atoms with Gasteiger partial charge in [0.1, 0.15) is 11.8 Å². The van der Waals surface area contributed by atoms with Crippen molar-refractivity contribution in [3.8, 4) is 5.75 Å². The smallest absolute Gasteiger partial charge is 0.420 e. The summed E-state index contributed by atoms with van der Waals surface area (Å²) in [6.07, 6.45) is -6.01. The van der Waals surface area contributed by atoms with E-state index in [0.717, 1.165) is 5.56 Å². The Balaban J connectivity index is 1.65. The van der Waals surface area contributed by atoms with Crippen LogP contribution >= 0.6 is 0 Å². The Morgan fingerprint density at radius 2 is 1.57 bits per heavy atom. The molecule has 1 aliphatic heterocycles. The number of halogens is 3. The highest BCUT2D eigenvalue weighted by Gasteiger charge is 2.70. The fraction of sp³-hybridized carbons (Fsp3) is 0.361. The monoisotopic (exact) mass is 711 g/mol. The van der Waals surface area contributed by atoms with Crippen LogP contribution in [0.2, 0.25) is 0 Å². The highest BCUT2D eigenvalue weighted by molar-refractivity contribution is 6.10. The van der Waals surface area contributed by atoms with Crippen molar-refractivity contribution in [3.63, 3.8) is 0 Å². The van der Waals surface area contributed by atoms with Gasteiger partial charge in [-0.3, -0.25) is 19.3 Å². The molecule has 0 saturated carbocycles. The number of benzene rings is 3. The highest BCUT2D eigenvalue weighted by atomic mass is 19.4. The summed E-state index contributed by atoms with van der Waals surface area (Å²) < 4.78 is 50.0. The topological polar surface area (TPSA) is 157 Å². The molecule has 272 valence electrons. The van der Waals surface area contributed by atoms with E-state index in [-0.39, 0.29) is 29.3 Å². The number of hydrogen-bond donors (Lipinski definition) is 4. The first-order valence-corrected chi connectivity index (χ1v) is 16.1. The van der Waals surface area contributed by atoms with Crippen LogP contribution in [0, 0.1) is 12.8 Å². The summed E-state index contributed by atoms with van der Waals surface area (Å²) in [6.45, 7) is 5.01. The molecular formula is C36H40F3N5O7. The number of urea groups is 2. The number of rotatable bonds is 13. The number of nitrogens with one attached hydrogen (secondary N) is 3. The Kier molecular flexibility index (Phi) is 11.6. The molecule has 1 aliphatic rings. The van der Waals surface area contributed by atoms with Crippen molar-refractivity contribution in [1.82, 2.24) is 15.1 Å². The number of carboxylic acid groups (broad SMARTS) is 1. The molecule has 0 radical (unpaired) electrons. The molecule has 3 aromatic carbocycles. The van der Waals surface area contributed by atoms with Gasteiger partial charge >= 0.3 is 24.2 Å². The zero-order valence-corrected chi connectivity index (χ0v) is 28.7. The van der Waals surface area contributed by atoms with Crippen LogP contribution < -0.4 is 20.7 Å². The Morgan fingerprint density at radius 3 is 2.16 bits per heavy atom. The summed E-state index contributed by atoms with van der Waals surface area (Å²) in [7, 11) is 1.29. The third kappa shape index (κ3) is 8.41. The Morgan fingerprint density at radius 1 is 0.941 bits per heavy atom. The maximum absolute atomic E-state index is 14.9. The number of carbonyl (C=O) groups is 5. The third-order valence-corrected chi connectivity index (χ3v) is 8.62. The van der Waals surface area contributed by atoms with Gasteiger partial charge in [0.2, 0.25) is 11.4 Å². The molecule has 4 rings (SSSR count). The van der Waals surface area contributed by atoms with Crippen LogP contribution in [0.25, 0.3) is 0 Å². The second kappa shape index (κ2) is 15.5. The number of nitrogens with zero attached hydrogens (tertiary/aromatic N) is 2. The molecule has 51 heavy (non-hydrogen) atoms. The van der Waals surface area contributed by atoms with E-state index in [4.69, 9.17) is 4.74 Å². The van der Waals surface area contributed by atoms with Gasteiger partial charge in [0.15, 0.2) is 0 Å². The van der Waals surface area contributed by atoms with E-state index >= 15 is 0 Å². The quantitative estimate of drug-likeness (QED) is 0.148. The van der Waals surface area contributed by atoms with Crippen molar-refractivity contribution in [2.75, 3.05) is 17.7 Å². The predicted molar refractivity (Wildman–Crippen MR) is 182 cm³/mol. The average molecular weight is 712 g/mol. The summed E-state index contributed by atoms with van der Waals surface area (Å²) >= 11 is 0. The zero-order chi connectivity index (χ0) is 37.7. The van der Waals surface area contributed by atoms with Gasteiger partial charge < -0.3 is 25.8 Å². The number of carbonyl (C=O) groups excluding carboxylic acids is 4.